The zero-order valence-electron chi connectivity index (χ0n) is 9.64. The van der Waals surface area contributed by atoms with Crippen LogP contribution in [0.25, 0.3) is 0 Å². The zero-order chi connectivity index (χ0) is 13.1. The van der Waals surface area contributed by atoms with Crippen molar-refractivity contribution in [2.75, 3.05) is 6.61 Å². The minimum atomic E-state index is -0.812. The van der Waals surface area contributed by atoms with E-state index in [9.17, 15) is 15.2 Å². The largest absolute Gasteiger partial charge is 0.492 e. The molecule has 1 N–H and O–H groups in total. The molecule has 0 aliphatic heterocycles. The van der Waals surface area contributed by atoms with Crippen LogP contribution >= 0.6 is 11.6 Å². The molecule has 6 heteroatoms. The number of hydrogen-bond donors (Lipinski definition) is 1. The average molecular weight is 260 g/mol. The molecule has 1 rings (SSSR count). The molecule has 0 aliphatic rings. The molecular weight excluding hydrogens is 246 g/mol. The Morgan fingerprint density at radius 3 is 2.65 bits per heavy atom. The highest BCUT2D eigenvalue weighted by atomic mass is 35.5. The van der Waals surface area contributed by atoms with E-state index in [4.69, 9.17) is 16.3 Å². The number of halogens is 1. The van der Waals surface area contributed by atoms with Crippen molar-refractivity contribution in [2.45, 2.75) is 25.9 Å². The lowest BCUT2D eigenvalue weighted by Crippen LogP contribution is -2.21. The number of benzene rings is 1. The minimum Gasteiger partial charge on any atom is -0.492 e. The van der Waals surface area contributed by atoms with Crippen LogP contribution in [0.3, 0.4) is 0 Å². The van der Waals surface area contributed by atoms with E-state index in [1.165, 1.54) is 18.2 Å². The van der Waals surface area contributed by atoms with Gasteiger partial charge in [0.1, 0.15) is 5.75 Å². The Labute approximate surface area is 104 Å². The fourth-order valence-electron chi connectivity index (χ4n) is 1.13. The molecule has 0 saturated heterocycles. The predicted octanol–water partition coefficient (Wildman–Crippen LogP) is 2.79. The van der Waals surface area contributed by atoms with Gasteiger partial charge in [-0.15, -0.1) is 0 Å². The van der Waals surface area contributed by atoms with Crippen molar-refractivity contribution in [1.82, 2.24) is 0 Å². The maximum atomic E-state index is 10.5. The average Bonchev–Trinajstić information content (AvgIpc) is 2.18. The van der Waals surface area contributed by atoms with Gasteiger partial charge in [0.05, 0.1) is 22.2 Å². The van der Waals surface area contributed by atoms with E-state index in [-0.39, 0.29) is 10.7 Å². The van der Waals surface area contributed by atoms with Crippen LogP contribution in [-0.4, -0.2) is 22.2 Å². The summed E-state index contributed by atoms with van der Waals surface area (Å²) in [5, 5.41) is 20.2. The molecule has 0 spiro atoms. The van der Waals surface area contributed by atoms with Crippen molar-refractivity contribution < 1.29 is 14.8 Å². The number of ether oxygens (including phenoxy) is 1. The molecule has 1 aromatic carbocycles. The van der Waals surface area contributed by atoms with E-state index >= 15 is 0 Å². The summed E-state index contributed by atoms with van der Waals surface area (Å²) in [4.78, 5) is 9.96. The summed E-state index contributed by atoms with van der Waals surface area (Å²) in [5.74, 6) is 0.376. The maximum absolute atomic E-state index is 10.5. The highest BCUT2D eigenvalue weighted by Gasteiger charge is 2.14. The second-order valence-electron chi connectivity index (χ2n) is 4.28. The number of nitro groups is 1. The fourth-order valence-corrected chi connectivity index (χ4v) is 1.36. The van der Waals surface area contributed by atoms with Crippen LogP contribution in [0, 0.1) is 10.1 Å². The first kappa shape index (κ1) is 13.7. The van der Waals surface area contributed by atoms with Crippen LogP contribution in [0.4, 0.5) is 5.69 Å². The molecule has 17 heavy (non-hydrogen) atoms. The smallest absolute Gasteiger partial charge is 0.271 e. The van der Waals surface area contributed by atoms with Gasteiger partial charge in [-0.25, -0.2) is 0 Å². The van der Waals surface area contributed by atoms with Crippen molar-refractivity contribution in [3.05, 3.63) is 33.3 Å². The van der Waals surface area contributed by atoms with E-state index in [1.54, 1.807) is 13.8 Å². The van der Waals surface area contributed by atoms with Gasteiger partial charge in [-0.05, 0) is 19.9 Å². The van der Waals surface area contributed by atoms with Gasteiger partial charge < -0.3 is 9.84 Å². The zero-order valence-corrected chi connectivity index (χ0v) is 10.4. The standard InChI is InChI=1S/C11H14ClNO4/c1-11(2,14)5-6-17-10-4-3-8(13(15)16)7-9(10)12/h3-4,7,14H,5-6H2,1-2H3. The molecule has 0 atom stereocenters. The number of nitro benzene ring substituents is 1. The first-order valence-corrected chi connectivity index (χ1v) is 5.46. The van der Waals surface area contributed by atoms with Gasteiger partial charge in [-0.3, -0.25) is 10.1 Å². The number of hydrogen-bond acceptors (Lipinski definition) is 4. The van der Waals surface area contributed by atoms with Crippen LogP contribution in [0.15, 0.2) is 18.2 Å². The second-order valence-corrected chi connectivity index (χ2v) is 4.69. The third-order valence-electron chi connectivity index (χ3n) is 2.10. The van der Waals surface area contributed by atoms with Crippen LogP contribution in [0.1, 0.15) is 20.3 Å². The van der Waals surface area contributed by atoms with Crippen molar-refractivity contribution in [3.8, 4) is 5.75 Å². The topological polar surface area (TPSA) is 72.6 Å². The minimum absolute atomic E-state index is 0.0789. The van der Waals surface area contributed by atoms with Crippen molar-refractivity contribution in [1.29, 1.82) is 0 Å². The Bertz CT molecular complexity index is 414. The van der Waals surface area contributed by atoms with E-state index in [1.807, 2.05) is 0 Å². The second kappa shape index (κ2) is 5.33. The van der Waals surface area contributed by atoms with Gasteiger partial charge in [0.2, 0.25) is 0 Å². The molecule has 0 radical (unpaired) electrons. The lowest BCUT2D eigenvalue weighted by atomic mass is 10.1. The summed E-state index contributed by atoms with van der Waals surface area (Å²) in [6.45, 7) is 3.64. The van der Waals surface area contributed by atoms with Gasteiger partial charge in [-0.2, -0.15) is 0 Å². The summed E-state index contributed by atoms with van der Waals surface area (Å²) < 4.78 is 5.33. The van der Waals surface area contributed by atoms with Crippen LogP contribution < -0.4 is 4.74 Å². The highest BCUT2D eigenvalue weighted by Crippen LogP contribution is 2.28. The summed E-state index contributed by atoms with van der Waals surface area (Å²) in [6, 6.07) is 4.01. The van der Waals surface area contributed by atoms with Crippen molar-refractivity contribution in [3.63, 3.8) is 0 Å². The van der Waals surface area contributed by atoms with Gasteiger partial charge in [0.15, 0.2) is 0 Å². The SMILES string of the molecule is CC(C)(O)CCOc1ccc([N+](=O)[O-])cc1Cl. The maximum Gasteiger partial charge on any atom is 0.271 e. The van der Waals surface area contributed by atoms with Crippen LogP contribution in [0.5, 0.6) is 5.75 Å². The summed E-state index contributed by atoms with van der Waals surface area (Å²) in [7, 11) is 0. The monoisotopic (exact) mass is 259 g/mol. The molecule has 5 nitrogen and oxygen atoms in total. The van der Waals surface area contributed by atoms with E-state index in [2.05, 4.69) is 0 Å². The van der Waals surface area contributed by atoms with Gasteiger partial charge in [-0.1, -0.05) is 11.6 Å². The van der Waals surface area contributed by atoms with Crippen molar-refractivity contribution in [2.24, 2.45) is 0 Å². The molecule has 0 heterocycles. The Morgan fingerprint density at radius 2 is 2.18 bits per heavy atom. The summed E-state index contributed by atoms with van der Waals surface area (Å²) in [6.07, 6.45) is 0.445. The number of aliphatic hydroxyl groups is 1. The van der Waals surface area contributed by atoms with Crippen LogP contribution in [-0.2, 0) is 0 Å². The first-order chi connectivity index (χ1) is 7.79. The highest BCUT2D eigenvalue weighted by molar-refractivity contribution is 6.32. The Balaban J connectivity index is 2.64. The van der Waals surface area contributed by atoms with E-state index < -0.39 is 10.5 Å². The van der Waals surface area contributed by atoms with E-state index in [0.717, 1.165) is 0 Å². The predicted molar refractivity (Wildman–Crippen MR) is 64.5 cm³/mol. The number of rotatable bonds is 5. The molecule has 0 aromatic heterocycles. The van der Waals surface area contributed by atoms with Crippen molar-refractivity contribution >= 4 is 17.3 Å². The Morgan fingerprint density at radius 1 is 1.53 bits per heavy atom. The first-order valence-electron chi connectivity index (χ1n) is 5.09. The third kappa shape index (κ3) is 4.58. The Hall–Kier alpha value is -1.33. The lowest BCUT2D eigenvalue weighted by Gasteiger charge is -2.17. The quantitative estimate of drug-likeness (QED) is 0.652. The van der Waals surface area contributed by atoms with Crippen LogP contribution in [0.2, 0.25) is 5.02 Å². The number of nitrogens with zero attached hydrogens (tertiary/aromatic N) is 1. The normalized spacial score (nSPS) is 11.3. The molecule has 0 fully saturated rings. The van der Waals surface area contributed by atoms with Gasteiger partial charge in [0, 0.05) is 18.6 Å². The molecule has 0 bridgehead atoms. The lowest BCUT2D eigenvalue weighted by molar-refractivity contribution is -0.384. The number of non-ortho nitro benzene ring substituents is 1. The summed E-state index contributed by atoms with van der Waals surface area (Å²) >= 11 is 5.83. The van der Waals surface area contributed by atoms with Gasteiger partial charge >= 0.3 is 0 Å². The summed E-state index contributed by atoms with van der Waals surface area (Å²) in [5.41, 5.74) is -0.891. The molecule has 0 unspecified atom stereocenters. The van der Waals surface area contributed by atoms with Gasteiger partial charge in [0.25, 0.3) is 5.69 Å². The Kier molecular flexibility index (Phi) is 4.31. The fraction of sp³-hybridized carbons (Fsp3) is 0.455. The van der Waals surface area contributed by atoms with E-state index in [0.29, 0.717) is 18.8 Å². The molecule has 0 saturated carbocycles. The molecule has 1 aromatic rings. The molecular formula is C11H14ClNO4. The molecule has 0 aliphatic carbocycles. The molecule has 94 valence electrons. The third-order valence-corrected chi connectivity index (χ3v) is 2.39. The molecule has 0 amide bonds.